The summed E-state index contributed by atoms with van der Waals surface area (Å²) < 4.78 is 61.0. The molecule has 3 heteroatoms. The number of fused-ring (bicyclic) bond motifs is 3. The van der Waals surface area contributed by atoms with E-state index in [9.17, 15) is 1.37 Å². The van der Waals surface area contributed by atoms with Crippen molar-refractivity contribution < 1.29 is 17.2 Å². The van der Waals surface area contributed by atoms with Gasteiger partial charge in [-0.25, -0.2) is 4.85 Å². The van der Waals surface area contributed by atoms with E-state index < -0.39 is 18.6 Å². The van der Waals surface area contributed by atoms with Crippen molar-refractivity contribution in [1.82, 2.24) is 0 Å². The van der Waals surface area contributed by atoms with E-state index in [1.807, 2.05) is 55.5 Å². The molecule has 5 rings (SSSR count). The van der Waals surface area contributed by atoms with Gasteiger partial charge in [-0.05, 0) is 42.3 Å². The van der Waals surface area contributed by atoms with Gasteiger partial charge in [0.2, 0.25) is 5.69 Å². The fourth-order valence-electron chi connectivity index (χ4n) is 4.74. The van der Waals surface area contributed by atoms with Crippen LogP contribution in [-0.2, 0) is 13.4 Å². The van der Waals surface area contributed by atoms with Crippen molar-refractivity contribution in [3.8, 4) is 22.4 Å². The predicted molar refractivity (Wildman–Crippen MR) is 149 cm³/mol. The van der Waals surface area contributed by atoms with Gasteiger partial charge in [0.05, 0.1) is 13.5 Å². The minimum absolute atomic E-state index is 0.131. The lowest BCUT2D eigenvalue weighted by molar-refractivity contribution is -0.667. The number of nitrogens with zero attached hydrogens (tertiary/aromatic N) is 2. The number of furan rings is 1. The zero-order valence-corrected chi connectivity index (χ0v) is 21.5. The molecule has 2 aromatic heterocycles. The van der Waals surface area contributed by atoms with Crippen molar-refractivity contribution in [3.05, 3.63) is 94.4 Å². The molecule has 180 valence electrons. The monoisotopic (exact) mass is 479 g/mol. The molecule has 0 atom stereocenters. The quantitative estimate of drug-likeness (QED) is 0.187. The van der Waals surface area contributed by atoms with Crippen LogP contribution in [0.25, 0.3) is 49.2 Å². The van der Waals surface area contributed by atoms with E-state index in [1.165, 1.54) is 0 Å². The van der Waals surface area contributed by atoms with Crippen LogP contribution in [0.15, 0.2) is 65.1 Å². The number of hydrogen-bond acceptors (Lipinski definition) is 1. The highest BCUT2D eigenvalue weighted by atomic mass is 16.3. The van der Waals surface area contributed by atoms with Crippen molar-refractivity contribution in [2.24, 2.45) is 12.5 Å². The second-order valence-corrected chi connectivity index (χ2v) is 10.3. The van der Waals surface area contributed by atoms with Gasteiger partial charge in [0.25, 0.3) is 0 Å². The van der Waals surface area contributed by atoms with Gasteiger partial charge in [0, 0.05) is 41.7 Å². The Morgan fingerprint density at radius 3 is 2.31 bits per heavy atom. The van der Waals surface area contributed by atoms with Gasteiger partial charge in [-0.3, -0.25) is 0 Å². The summed E-state index contributed by atoms with van der Waals surface area (Å²) in [5.74, 6) is 0. The van der Waals surface area contributed by atoms with Gasteiger partial charge in [0.1, 0.15) is 18.2 Å². The van der Waals surface area contributed by atoms with Crippen molar-refractivity contribution in [3.63, 3.8) is 0 Å². The fraction of sp³-hybridized carbons (Fsp3) is 0.273. The van der Waals surface area contributed by atoms with E-state index in [0.29, 0.717) is 39.4 Å². The third-order valence-electron chi connectivity index (χ3n) is 6.61. The Morgan fingerprint density at radius 2 is 1.67 bits per heavy atom. The summed E-state index contributed by atoms with van der Waals surface area (Å²) in [6, 6.07) is 17.0. The minimum atomic E-state index is -2.63. The molecule has 0 unspecified atom stereocenters. The van der Waals surface area contributed by atoms with Gasteiger partial charge < -0.3 is 4.42 Å². The molecule has 0 aliphatic rings. The molecule has 0 radical (unpaired) electrons. The molecule has 5 aromatic rings. The Bertz CT molecular complexity index is 1920. The van der Waals surface area contributed by atoms with Gasteiger partial charge in [-0.15, -0.1) is 0 Å². The number of rotatable bonds is 3. The molecule has 0 spiro atoms. The summed E-state index contributed by atoms with van der Waals surface area (Å²) in [6.45, 7) is 13.9. The zero-order valence-electron chi connectivity index (χ0n) is 27.5. The van der Waals surface area contributed by atoms with Gasteiger partial charge in [-0.2, -0.15) is 4.57 Å². The Morgan fingerprint density at radius 1 is 1.00 bits per heavy atom. The second kappa shape index (κ2) is 8.64. The third-order valence-corrected chi connectivity index (χ3v) is 6.61. The average Bonchev–Trinajstić information content (AvgIpc) is 3.28. The molecule has 0 amide bonds. The molecule has 0 saturated heterocycles. The first-order valence-corrected chi connectivity index (χ1v) is 12.0. The maximum Gasteiger partial charge on any atom is 0.216 e. The number of aromatic nitrogens is 1. The predicted octanol–water partition coefficient (Wildman–Crippen LogP) is 8.81. The van der Waals surface area contributed by atoms with Crippen LogP contribution >= 0.6 is 0 Å². The molecule has 2 heterocycles. The van der Waals surface area contributed by atoms with Crippen LogP contribution in [0.4, 0.5) is 5.69 Å². The van der Waals surface area contributed by atoms with Gasteiger partial charge in [0.15, 0.2) is 11.4 Å². The molecule has 36 heavy (non-hydrogen) atoms. The van der Waals surface area contributed by atoms with Gasteiger partial charge >= 0.3 is 0 Å². The van der Waals surface area contributed by atoms with Crippen molar-refractivity contribution in [2.45, 2.75) is 47.8 Å². The molecule has 0 aliphatic heterocycles. The average molecular weight is 480 g/mol. The Kier molecular flexibility index (Phi) is 4.21. The Balaban J connectivity index is 1.98. The maximum atomic E-state index is 9.43. The number of benzene rings is 3. The third kappa shape index (κ3) is 3.88. The molecule has 3 aromatic carbocycles. The lowest BCUT2D eigenvalue weighted by atomic mass is 9.85. The van der Waals surface area contributed by atoms with Crippen LogP contribution in [0.3, 0.4) is 0 Å². The Labute approximate surface area is 222 Å². The fourth-order valence-corrected chi connectivity index (χ4v) is 4.74. The highest BCUT2D eigenvalue weighted by Gasteiger charge is 2.27. The number of pyridine rings is 1. The van der Waals surface area contributed by atoms with Crippen LogP contribution < -0.4 is 4.57 Å². The summed E-state index contributed by atoms with van der Waals surface area (Å²) in [7, 11) is 1.71. The molecule has 3 nitrogen and oxygen atoms in total. The van der Waals surface area contributed by atoms with E-state index in [1.54, 1.807) is 45.4 Å². The first-order valence-electron chi connectivity index (χ1n) is 15.0. The number of hydrogen-bond donors (Lipinski definition) is 0. The van der Waals surface area contributed by atoms with Crippen LogP contribution in [-0.4, -0.2) is 0 Å². The highest BCUT2D eigenvalue weighted by molar-refractivity contribution is 6.15. The van der Waals surface area contributed by atoms with Crippen LogP contribution in [0.5, 0.6) is 0 Å². The standard InChI is InChI=1S/C33H33N2O/c1-20-14-15-25-26-16-17-27(34-7)30(23-12-10-9-11-13-23)32(26)36-31(25)29(20)28-18-24(19-33(4,5)6)21(2)22(3)35(28)8/h9-18H,19H2,1-6,8H3/q+1/i2D3,18D,19D2. The second-order valence-electron chi connectivity index (χ2n) is 10.3. The van der Waals surface area contributed by atoms with Gasteiger partial charge in [-0.1, -0.05) is 75.4 Å². The first kappa shape index (κ1) is 17.5. The SMILES string of the molecule is [2H]c1c(C([2H])([2H])C(C)(C)C)c(C([2H])([2H])[2H])c(C)[n+](C)c1-c1c(C)ccc2c1oc1c(-c3ccccc3)c([N+]#[C-])ccc12. The van der Waals surface area contributed by atoms with E-state index in [4.69, 9.17) is 17.8 Å². The maximum absolute atomic E-state index is 9.43. The first-order chi connectivity index (χ1) is 19.5. The summed E-state index contributed by atoms with van der Waals surface area (Å²) in [4.78, 5) is 3.76. The van der Waals surface area contributed by atoms with Crippen molar-refractivity contribution >= 4 is 27.6 Å². The number of aryl methyl sites for hydroxylation is 1. The zero-order chi connectivity index (χ0) is 30.9. The topological polar surface area (TPSA) is 21.4 Å². The van der Waals surface area contributed by atoms with Crippen molar-refractivity contribution in [1.29, 1.82) is 0 Å². The van der Waals surface area contributed by atoms with Crippen LogP contribution in [0.2, 0.25) is 0 Å². The molecule has 0 aliphatic carbocycles. The van der Waals surface area contributed by atoms with Crippen LogP contribution in [0, 0.1) is 32.7 Å². The largest absolute Gasteiger partial charge is 0.456 e. The molecule has 0 bridgehead atoms. The van der Waals surface area contributed by atoms with E-state index in [0.717, 1.165) is 21.9 Å². The molecule has 0 fully saturated rings. The van der Waals surface area contributed by atoms with E-state index >= 15 is 0 Å². The summed E-state index contributed by atoms with van der Waals surface area (Å²) in [5.41, 5.74) is 3.87. The lowest BCUT2D eigenvalue weighted by Crippen LogP contribution is -2.36. The van der Waals surface area contributed by atoms with Crippen LogP contribution in [0.1, 0.15) is 51.4 Å². The molecular formula is C33H33N2O+. The Hall–Kier alpha value is -3.90. The highest BCUT2D eigenvalue weighted by Crippen LogP contribution is 2.44. The normalized spacial score (nSPS) is 15.0. The minimum Gasteiger partial charge on any atom is -0.456 e. The molecular weight excluding hydrogens is 440 g/mol. The van der Waals surface area contributed by atoms with E-state index in [2.05, 4.69) is 4.85 Å². The van der Waals surface area contributed by atoms with Crippen molar-refractivity contribution in [2.75, 3.05) is 0 Å². The van der Waals surface area contributed by atoms with E-state index in [-0.39, 0.29) is 17.2 Å². The summed E-state index contributed by atoms with van der Waals surface area (Å²) in [5, 5.41) is 1.60. The molecule has 0 saturated carbocycles. The molecule has 0 N–H and O–H groups in total. The summed E-state index contributed by atoms with van der Waals surface area (Å²) >= 11 is 0. The lowest BCUT2D eigenvalue weighted by Gasteiger charge is -2.20. The smallest absolute Gasteiger partial charge is 0.216 e. The summed E-state index contributed by atoms with van der Waals surface area (Å²) in [6.07, 6.45) is -2.14.